The molecule has 0 spiro atoms. The van der Waals surface area contributed by atoms with Crippen LogP contribution in [0.3, 0.4) is 0 Å². The number of hydrogen-bond donors (Lipinski definition) is 11. The third-order valence-electron chi connectivity index (χ3n) is 7.04. The van der Waals surface area contributed by atoms with Crippen LogP contribution in [-0.2, 0) is 43.2 Å². The maximum Gasteiger partial charge on any atom is 0.326 e. The van der Waals surface area contributed by atoms with Crippen molar-refractivity contribution >= 4 is 53.2 Å². The highest BCUT2D eigenvalue weighted by Gasteiger charge is 2.34. The molecule has 0 saturated carbocycles. The molecular weight excluding hydrogens is 638 g/mol. The van der Waals surface area contributed by atoms with Crippen LogP contribution < -0.4 is 49.1 Å². The molecule has 0 aromatic carbocycles. The van der Waals surface area contributed by atoms with Crippen molar-refractivity contribution in [3.8, 4) is 0 Å². The zero-order valence-corrected chi connectivity index (χ0v) is 27.7. The van der Waals surface area contributed by atoms with Gasteiger partial charge in [-0.15, -0.1) is 0 Å². The van der Waals surface area contributed by atoms with Crippen molar-refractivity contribution in [2.24, 2.45) is 29.0 Å². The second kappa shape index (κ2) is 21.1. The van der Waals surface area contributed by atoms with E-state index in [1.54, 1.807) is 27.7 Å². The summed E-state index contributed by atoms with van der Waals surface area (Å²) in [5.41, 5.74) is 15.6. The lowest BCUT2D eigenvalue weighted by Gasteiger charge is -2.27. The number of primary amides is 2. The average Bonchev–Trinajstić information content (AvgIpc) is 2.99. The second-order valence-corrected chi connectivity index (χ2v) is 11.6. The molecule has 0 rings (SSSR count). The highest BCUT2D eigenvalue weighted by atomic mass is 16.4. The predicted molar refractivity (Wildman–Crippen MR) is 168 cm³/mol. The zero-order valence-electron chi connectivity index (χ0n) is 27.7. The molecular formula is C28H49N9O11. The average molecular weight is 688 g/mol. The van der Waals surface area contributed by atoms with E-state index in [0.29, 0.717) is 6.42 Å². The Labute approximate surface area is 277 Å². The van der Waals surface area contributed by atoms with Gasteiger partial charge in [-0.1, -0.05) is 34.1 Å². The molecule has 0 aliphatic rings. The number of nitrogens with two attached hydrogens (primary N) is 3. The quantitative estimate of drug-likeness (QED) is 0.0509. The summed E-state index contributed by atoms with van der Waals surface area (Å²) in [6.07, 6.45) is -2.19. The van der Waals surface area contributed by atoms with Gasteiger partial charge in [0.25, 0.3) is 0 Å². The molecule has 272 valence electrons. The minimum Gasteiger partial charge on any atom is -0.480 e. The number of carboxylic acid groups (broad SMARTS) is 1. The third kappa shape index (κ3) is 16.1. The van der Waals surface area contributed by atoms with E-state index in [1.807, 2.05) is 0 Å². The lowest BCUT2D eigenvalue weighted by Crippen LogP contribution is -2.60. The van der Waals surface area contributed by atoms with Crippen molar-refractivity contribution in [1.29, 1.82) is 0 Å². The molecule has 0 bridgehead atoms. The fraction of sp³-hybridized carbons (Fsp3) is 0.679. The molecule has 0 fully saturated rings. The minimum absolute atomic E-state index is 0.335. The fourth-order valence-electron chi connectivity index (χ4n) is 4.02. The number of carboxylic acids is 1. The second-order valence-electron chi connectivity index (χ2n) is 11.6. The Kier molecular flexibility index (Phi) is 19.0. The SMILES string of the molecule is CC[C@H](C)[C@H](NC(=O)CNC(=O)[C@@H](N)CC(N)=O)C(=O)NCC(=O)N[C@H](C(=O)N[C@H](C(=O)N[C@@H](CCC(N)=O)C(=O)O)[C@@H](C)O)C(C)C. The summed E-state index contributed by atoms with van der Waals surface area (Å²) in [5.74, 6) is -9.16. The number of aliphatic carboxylic acids is 1. The maximum atomic E-state index is 13.1. The van der Waals surface area contributed by atoms with Gasteiger partial charge in [0.05, 0.1) is 31.7 Å². The predicted octanol–water partition coefficient (Wildman–Crippen LogP) is -5.21. The summed E-state index contributed by atoms with van der Waals surface area (Å²) in [6.45, 7) is 6.53. The maximum absolute atomic E-state index is 13.1. The van der Waals surface area contributed by atoms with Gasteiger partial charge in [-0.2, -0.15) is 0 Å². The topological polar surface area (TPSA) is 344 Å². The van der Waals surface area contributed by atoms with Crippen LogP contribution in [0.2, 0.25) is 0 Å². The fourth-order valence-corrected chi connectivity index (χ4v) is 4.02. The van der Waals surface area contributed by atoms with Crippen molar-refractivity contribution in [1.82, 2.24) is 31.9 Å². The Bertz CT molecular complexity index is 1200. The number of carbonyl (C=O) groups excluding carboxylic acids is 8. The van der Waals surface area contributed by atoms with E-state index in [9.17, 15) is 53.4 Å². The molecule has 0 aromatic heterocycles. The number of rotatable bonds is 22. The van der Waals surface area contributed by atoms with Gasteiger partial charge >= 0.3 is 5.97 Å². The van der Waals surface area contributed by atoms with Crippen molar-refractivity contribution < 1.29 is 53.4 Å². The van der Waals surface area contributed by atoms with Gasteiger partial charge in [-0.3, -0.25) is 38.4 Å². The van der Waals surface area contributed by atoms with E-state index in [-0.39, 0.29) is 12.8 Å². The molecule has 48 heavy (non-hydrogen) atoms. The van der Waals surface area contributed by atoms with Gasteiger partial charge in [0.15, 0.2) is 0 Å². The largest absolute Gasteiger partial charge is 0.480 e. The summed E-state index contributed by atoms with van der Waals surface area (Å²) in [4.78, 5) is 109. The molecule has 0 heterocycles. The van der Waals surface area contributed by atoms with Crippen LogP contribution in [0.5, 0.6) is 0 Å². The Morgan fingerprint density at radius 2 is 1.17 bits per heavy atom. The Morgan fingerprint density at radius 3 is 1.60 bits per heavy atom. The number of amides is 8. The molecule has 20 nitrogen and oxygen atoms in total. The smallest absolute Gasteiger partial charge is 0.326 e. The molecule has 0 aromatic rings. The molecule has 0 saturated heterocycles. The summed E-state index contributed by atoms with van der Waals surface area (Å²) >= 11 is 0. The monoisotopic (exact) mass is 687 g/mol. The van der Waals surface area contributed by atoms with Gasteiger partial charge < -0.3 is 59.3 Å². The first-order valence-corrected chi connectivity index (χ1v) is 15.2. The van der Waals surface area contributed by atoms with Crippen LogP contribution in [0, 0.1) is 11.8 Å². The third-order valence-corrected chi connectivity index (χ3v) is 7.04. The molecule has 0 aliphatic carbocycles. The summed E-state index contributed by atoms with van der Waals surface area (Å²) < 4.78 is 0. The number of hydrogen-bond acceptors (Lipinski definition) is 11. The number of nitrogens with one attached hydrogen (secondary N) is 6. The minimum atomic E-state index is -1.64. The highest BCUT2D eigenvalue weighted by Crippen LogP contribution is 2.09. The molecule has 8 amide bonds. The van der Waals surface area contributed by atoms with E-state index in [1.165, 1.54) is 6.92 Å². The first kappa shape index (κ1) is 43.1. The highest BCUT2D eigenvalue weighted by molar-refractivity contribution is 5.96. The van der Waals surface area contributed by atoms with Crippen LogP contribution in [0.25, 0.3) is 0 Å². The standard InChI is InChI=1S/C28H49N9O11/c1-6-13(4)22(36-20(42)10-32-24(43)15(29)9-18(31)40)25(44)33-11-19(41)35-21(12(2)3)26(45)37-23(14(5)38)27(46)34-16(28(47)48)7-8-17(30)39/h12-16,21-23,38H,6-11,29H2,1-5H3,(H2,30,39)(H2,31,40)(H,32,43)(H,33,44)(H,34,46)(H,35,41)(H,36,42)(H,37,45)(H,47,48)/t13-,14+,15-,16-,21-,22-,23-/m0/s1. The van der Waals surface area contributed by atoms with Crippen molar-refractivity contribution in [2.45, 2.75) is 96.6 Å². The van der Waals surface area contributed by atoms with Crippen molar-refractivity contribution in [3.63, 3.8) is 0 Å². The van der Waals surface area contributed by atoms with Gasteiger partial charge in [-0.25, -0.2) is 4.79 Å². The van der Waals surface area contributed by atoms with Crippen LogP contribution >= 0.6 is 0 Å². The van der Waals surface area contributed by atoms with Crippen molar-refractivity contribution in [2.75, 3.05) is 13.1 Å². The van der Waals surface area contributed by atoms with Gasteiger partial charge in [0.1, 0.15) is 24.2 Å². The molecule has 0 radical (unpaired) electrons. The molecule has 7 atom stereocenters. The van der Waals surface area contributed by atoms with Crippen LogP contribution in [0.15, 0.2) is 0 Å². The van der Waals surface area contributed by atoms with E-state index in [4.69, 9.17) is 17.2 Å². The van der Waals surface area contributed by atoms with Crippen LogP contribution in [-0.4, -0.2) is 113 Å². The number of aliphatic hydroxyl groups excluding tert-OH is 1. The number of aliphatic hydroxyl groups is 1. The van der Waals surface area contributed by atoms with E-state index in [0.717, 1.165) is 0 Å². The van der Waals surface area contributed by atoms with Crippen LogP contribution in [0.1, 0.15) is 60.3 Å². The number of carbonyl (C=O) groups is 9. The normalized spacial score (nSPS) is 15.2. The van der Waals surface area contributed by atoms with E-state index < -0.39 is 121 Å². The first-order valence-electron chi connectivity index (χ1n) is 15.2. The van der Waals surface area contributed by atoms with Gasteiger partial charge in [0.2, 0.25) is 47.3 Å². The summed E-state index contributed by atoms with van der Waals surface area (Å²) in [5, 5.41) is 33.4. The Hall–Kier alpha value is -4.85. The van der Waals surface area contributed by atoms with Crippen molar-refractivity contribution in [3.05, 3.63) is 0 Å². The van der Waals surface area contributed by atoms with Gasteiger partial charge in [0, 0.05) is 6.42 Å². The lowest BCUT2D eigenvalue weighted by atomic mass is 9.98. The lowest BCUT2D eigenvalue weighted by molar-refractivity contribution is -0.143. The van der Waals surface area contributed by atoms with E-state index >= 15 is 0 Å². The first-order chi connectivity index (χ1) is 22.2. The summed E-state index contributed by atoms with van der Waals surface area (Å²) in [7, 11) is 0. The molecule has 14 N–H and O–H groups in total. The molecule has 20 heteroatoms. The zero-order chi connectivity index (χ0) is 37.3. The summed E-state index contributed by atoms with van der Waals surface area (Å²) in [6, 6.07) is -6.85. The van der Waals surface area contributed by atoms with Gasteiger partial charge in [-0.05, 0) is 25.2 Å². The van der Waals surface area contributed by atoms with Crippen LogP contribution in [0.4, 0.5) is 0 Å². The van der Waals surface area contributed by atoms with E-state index in [2.05, 4.69) is 31.9 Å². The molecule has 0 unspecified atom stereocenters. The Balaban J connectivity index is 5.39. The Morgan fingerprint density at radius 1 is 0.667 bits per heavy atom. The molecule has 0 aliphatic heterocycles.